The third kappa shape index (κ3) is 5.59. The molecule has 0 amide bonds. The fourth-order valence-corrected chi connectivity index (χ4v) is 14.9. The van der Waals surface area contributed by atoms with Crippen molar-refractivity contribution in [2.24, 2.45) is 0 Å². The molecule has 0 heterocycles. The van der Waals surface area contributed by atoms with Gasteiger partial charge < -0.3 is 9.47 Å². The SMILES string of the molecule is COc1ccc(C2C(OC(C)=O)=CC([Si](C(C)C)(C(C)C)C(C)C)=C2N(C)S(=O)(=O)c2ccc(C)cc2)cc1. The van der Waals surface area contributed by atoms with Crippen LogP contribution in [0.25, 0.3) is 0 Å². The number of ether oxygens (including phenoxy) is 2. The molecule has 1 aliphatic rings. The van der Waals surface area contributed by atoms with Gasteiger partial charge in [-0.05, 0) is 64.6 Å². The highest BCUT2D eigenvalue weighted by atomic mass is 32.2. The Labute approximate surface area is 235 Å². The van der Waals surface area contributed by atoms with Crippen molar-refractivity contribution in [2.75, 3.05) is 14.2 Å². The van der Waals surface area contributed by atoms with E-state index in [1.807, 2.05) is 49.4 Å². The van der Waals surface area contributed by atoms with Crippen LogP contribution >= 0.6 is 0 Å². The van der Waals surface area contributed by atoms with Crippen LogP contribution in [0.2, 0.25) is 16.6 Å². The molecule has 0 fully saturated rings. The van der Waals surface area contributed by atoms with Crippen LogP contribution < -0.4 is 4.74 Å². The first-order valence-electron chi connectivity index (χ1n) is 13.5. The van der Waals surface area contributed by atoms with Crippen LogP contribution in [0.3, 0.4) is 0 Å². The van der Waals surface area contributed by atoms with E-state index in [-0.39, 0.29) is 4.90 Å². The number of esters is 1. The molecule has 0 radical (unpaired) electrons. The Morgan fingerprint density at radius 2 is 1.41 bits per heavy atom. The van der Waals surface area contributed by atoms with Crippen LogP contribution in [-0.2, 0) is 19.6 Å². The number of allylic oxidation sites excluding steroid dienone is 2. The average Bonchev–Trinajstić information content (AvgIpc) is 3.21. The standard InChI is InChI=1S/C31H43NO5SSi/c1-20(2)39(21(3)4,22(5)6)29-19-28(37-24(8)33)30(25-13-15-26(36-10)16-14-25)31(29)32(9)38(34,35)27-17-11-23(7)12-18-27/h11-22,30H,1-10H3. The molecule has 8 heteroatoms. The third-order valence-electron chi connectivity index (χ3n) is 8.18. The molecule has 1 unspecified atom stereocenters. The summed E-state index contributed by atoms with van der Waals surface area (Å²) >= 11 is 0. The maximum absolute atomic E-state index is 14.2. The molecule has 0 N–H and O–H groups in total. The van der Waals surface area contributed by atoms with Gasteiger partial charge in [-0.2, -0.15) is 0 Å². The Kier molecular flexibility index (Phi) is 9.22. The van der Waals surface area contributed by atoms with Gasteiger partial charge in [-0.15, -0.1) is 0 Å². The highest BCUT2D eigenvalue weighted by Gasteiger charge is 2.51. The monoisotopic (exact) mass is 569 g/mol. The number of benzene rings is 2. The van der Waals surface area contributed by atoms with E-state index in [9.17, 15) is 13.2 Å². The summed E-state index contributed by atoms with van der Waals surface area (Å²) in [5, 5.41) is 1.03. The minimum absolute atomic E-state index is 0.225. The molecule has 1 atom stereocenters. The molecular formula is C31H43NO5SSi. The Bertz CT molecular complexity index is 1330. The molecule has 2 aromatic carbocycles. The van der Waals surface area contributed by atoms with Crippen molar-refractivity contribution in [3.05, 3.63) is 82.4 Å². The topological polar surface area (TPSA) is 72.9 Å². The van der Waals surface area contributed by atoms with Crippen molar-refractivity contribution in [1.82, 2.24) is 4.31 Å². The molecule has 6 nitrogen and oxygen atoms in total. The highest BCUT2D eigenvalue weighted by molar-refractivity contribution is 7.89. The van der Waals surface area contributed by atoms with Crippen molar-refractivity contribution in [2.45, 2.75) is 82.8 Å². The lowest BCUT2D eigenvalue weighted by Crippen LogP contribution is -2.48. The Hall–Kier alpha value is -2.84. The number of hydrogen-bond acceptors (Lipinski definition) is 5. The van der Waals surface area contributed by atoms with Gasteiger partial charge in [-0.3, -0.25) is 9.10 Å². The zero-order valence-corrected chi connectivity index (χ0v) is 26.7. The van der Waals surface area contributed by atoms with Gasteiger partial charge in [0.05, 0.1) is 26.0 Å². The van der Waals surface area contributed by atoms with Crippen molar-refractivity contribution < 1.29 is 22.7 Å². The van der Waals surface area contributed by atoms with E-state index in [1.54, 1.807) is 26.3 Å². The van der Waals surface area contributed by atoms with E-state index in [4.69, 9.17) is 9.47 Å². The lowest BCUT2D eigenvalue weighted by atomic mass is 9.96. The molecule has 0 aliphatic heterocycles. The largest absolute Gasteiger partial charge is 0.497 e. The lowest BCUT2D eigenvalue weighted by Gasteiger charge is -2.45. The molecular weight excluding hydrogens is 526 g/mol. The van der Waals surface area contributed by atoms with Gasteiger partial charge in [0.2, 0.25) is 0 Å². The normalized spacial score (nSPS) is 16.2. The lowest BCUT2D eigenvalue weighted by molar-refractivity contribution is -0.137. The smallest absolute Gasteiger partial charge is 0.307 e. The van der Waals surface area contributed by atoms with Gasteiger partial charge in [0.1, 0.15) is 11.5 Å². The Morgan fingerprint density at radius 3 is 1.85 bits per heavy atom. The summed E-state index contributed by atoms with van der Waals surface area (Å²) in [6.45, 7) is 16.8. The van der Waals surface area contributed by atoms with E-state index in [0.29, 0.717) is 33.8 Å². The van der Waals surface area contributed by atoms with Crippen LogP contribution in [0.15, 0.2) is 76.2 Å². The summed E-state index contributed by atoms with van der Waals surface area (Å²) in [4.78, 5) is 12.6. The van der Waals surface area contributed by atoms with E-state index in [1.165, 1.54) is 11.2 Å². The highest BCUT2D eigenvalue weighted by Crippen LogP contribution is 2.54. The maximum Gasteiger partial charge on any atom is 0.307 e. The molecule has 0 spiro atoms. The van der Waals surface area contributed by atoms with Gasteiger partial charge in [0.15, 0.2) is 0 Å². The van der Waals surface area contributed by atoms with Crippen LogP contribution in [0, 0.1) is 6.92 Å². The molecule has 212 valence electrons. The number of nitrogens with zero attached hydrogens (tertiary/aromatic N) is 1. The zero-order chi connectivity index (χ0) is 29.3. The predicted molar refractivity (Wildman–Crippen MR) is 160 cm³/mol. The minimum Gasteiger partial charge on any atom is -0.497 e. The second-order valence-corrected chi connectivity index (χ2v) is 19.2. The molecule has 3 rings (SSSR count). The summed E-state index contributed by atoms with van der Waals surface area (Å²) in [7, 11) is -3.09. The fraction of sp³-hybridized carbons (Fsp3) is 0.452. The second-order valence-electron chi connectivity index (χ2n) is 11.3. The first kappa shape index (κ1) is 30.7. The van der Waals surface area contributed by atoms with Crippen LogP contribution in [-0.4, -0.2) is 40.9 Å². The minimum atomic E-state index is -3.92. The quantitative estimate of drug-likeness (QED) is 0.221. The van der Waals surface area contributed by atoms with E-state index in [0.717, 1.165) is 16.3 Å². The molecule has 39 heavy (non-hydrogen) atoms. The van der Waals surface area contributed by atoms with Gasteiger partial charge >= 0.3 is 5.97 Å². The Balaban J connectivity index is 2.42. The molecule has 2 aromatic rings. The first-order chi connectivity index (χ1) is 18.2. The number of sulfonamides is 1. The van der Waals surface area contributed by atoms with E-state index < -0.39 is 30.0 Å². The number of methoxy groups -OCH3 is 1. The molecule has 0 saturated heterocycles. The maximum atomic E-state index is 14.2. The van der Waals surface area contributed by atoms with E-state index >= 15 is 0 Å². The summed E-state index contributed by atoms with van der Waals surface area (Å²) < 4.78 is 41.0. The predicted octanol–water partition coefficient (Wildman–Crippen LogP) is 7.34. The van der Waals surface area contributed by atoms with Gasteiger partial charge in [-0.1, -0.05) is 71.4 Å². The second kappa shape index (κ2) is 11.7. The van der Waals surface area contributed by atoms with Crippen molar-refractivity contribution in [1.29, 1.82) is 0 Å². The molecule has 0 bridgehead atoms. The zero-order valence-electron chi connectivity index (χ0n) is 24.9. The number of rotatable bonds is 10. The van der Waals surface area contributed by atoms with Gasteiger partial charge in [0, 0.05) is 19.7 Å². The number of carbonyl (C=O) groups is 1. The molecule has 1 aliphatic carbocycles. The third-order valence-corrected chi connectivity index (χ3v) is 17.0. The molecule has 0 aromatic heterocycles. The summed E-state index contributed by atoms with van der Waals surface area (Å²) in [6.07, 6.45) is 1.99. The number of hydrogen-bond donors (Lipinski definition) is 0. The number of likely N-dealkylation sites (N-methyl/N-ethyl adjacent to an activating group) is 1. The number of aryl methyl sites for hydroxylation is 1. The summed E-state index contributed by atoms with van der Waals surface area (Å²) in [6, 6.07) is 14.5. The van der Waals surface area contributed by atoms with Crippen molar-refractivity contribution >= 4 is 24.1 Å². The van der Waals surface area contributed by atoms with Crippen LogP contribution in [0.5, 0.6) is 5.75 Å². The molecule has 0 saturated carbocycles. The average molecular weight is 570 g/mol. The van der Waals surface area contributed by atoms with Crippen LogP contribution in [0.1, 0.15) is 65.5 Å². The van der Waals surface area contributed by atoms with Crippen molar-refractivity contribution in [3.63, 3.8) is 0 Å². The first-order valence-corrected chi connectivity index (χ1v) is 17.2. The summed E-state index contributed by atoms with van der Waals surface area (Å²) in [5.41, 5.74) is 3.41. The van der Waals surface area contributed by atoms with E-state index in [2.05, 4.69) is 41.5 Å². The number of carbonyl (C=O) groups excluding carboxylic acids is 1. The van der Waals surface area contributed by atoms with Gasteiger partial charge in [-0.25, -0.2) is 8.42 Å². The van der Waals surface area contributed by atoms with Crippen molar-refractivity contribution in [3.8, 4) is 5.75 Å². The fourth-order valence-electron chi connectivity index (χ4n) is 6.59. The summed E-state index contributed by atoms with van der Waals surface area (Å²) in [5.74, 6) is 0.150. The van der Waals surface area contributed by atoms with Crippen LogP contribution in [0.4, 0.5) is 0 Å². The Morgan fingerprint density at radius 1 is 0.897 bits per heavy atom. The van der Waals surface area contributed by atoms with Gasteiger partial charge in [0.25, 0.3) is 10.0 Å².